The monoisotopic (exact) mass is 231 g/mol. The summed E-state index contributed by atoms with van der Waals surface area (Å²) >= 11 is 1.81. The standard InChI is InChI=1S/C11H21NO2S/c1-14-10(6-7-15-2)8-12-11(13)9-4-3-5-9/h9-10H,3-8H2,1-2H3,(H,12,13). The zero-order valence-corrected chi connectivity index (χ0v) is 10.4. The molecule has 0 aliphatic heterocycles. The Balaban J connectivity index is 2.12. The van der Waals surface area contributed by atoms with Crippen molar-refractivity contribution in [3.05, 3.63) is 0 Å². The van der Waals surface area contributed by atoms with E-state index in [1.807, 2.05) is 11.8 Å². The summed E-state index contributed by atoms with van der Waals surface area (Å²) in [5, 5.41) is 2.97. The predicted molar refractivity (Wildman–Crippen MR) is 64.1 cm³/mol. The van der Waals surface area contributed by atoms with Gasteiger partial charge in [-0.05, 0) is 31.3 Å². The largest absolute Gasteiger partial charge is 0.380 e. The second kappa shape index (κ2) is 7.12. The molecule has 1 aliphatic carbocycles. The highest BCUT2D eigenvalue weighted by molar-refractivity contribution is 7.98. The predicted octanol–water partition coefficient (Wildman–Crippen LogP) is 1.67. The van der Waals surface area contributed by atoms with E-state index in [0.29, 0.717) is 6.54 Å². The molecule has 4 heteroatoms. The van der Waals surface area contributed by atoms with Crippen molar-refractivity contribution in [2.24, 2.45) is 5.92 Å². The van der Waals surface area contributed by atoms with E-state index in [1.165, 1.54) is 6.42 Å². The van der Waals surface area contributed by atoms with Gasteiger partial charge in [0.05, 0.1) is 6.10 Å². The van der Waals surface area contributed by atoms with Crippen LogP contribution in [0.1, 0.15) is 25.7 Å². The van der Waals surface area contributed by atoms with Crippen molar-refractivity contribution in [1.82, 2.24) is 5.32 Å². The van der Waals surface area contributed by atoms with Crippen molar-refractivity contribution >= 4 is 17.7 Å². The molecule has 0 aromatic heterocycles. The number of rotatable bonds is 7. The van der Waals surface area contributed by atoms with Crippen molar-refractivity contribution in [3.63, 3.8) is 0 Å². The molecule has 1 amide bonds. The van der Waals surface area contributed by atoms with Crippen LogP contribution < -0.4 is 5.32 Å². The minimum atomic E-state index is 0.168. The van der Waals surface area contributed by atoms with Crippen LogP contribution in [0, 0.1) is 5.92 Å². The summed E-state index contributed by atoms with van der Waals surface area (Å²) in [6.45, 7) is 0.659. The van der Waals surface area contributed by atoms with Crippen molar-refractivity contribution < 1.29 is 9.53 Å². The van der Waals surface area contributed by atoms with E-state index in [4.69, 9.17) is 4.74 Å². The van der Waals surface area contributed by atoms with Crippen LogP contribution in [0.5, 0.6) is 0 Å². The van der Waals surface area contributed by atoms with Gasteiger partial charge in [0.1, 0.15) is 0 Å². The molecule has 88 valence electrons. The first-order valence-corrected chi connectivity index (χ1v) is 6.96. The van der Waals surface area contributed by atoms with Crippen LogP contribution in [0.4, 0.5) is 0 Å². The first-order chi connectivity index (χ1) is 7.27. The molecule has 0 saturated heterocycles. The van der Waals surface area contributed by atoms with Gasteiger partial charge in [-0.25, -0.2) is 0 Å². The summed E-state index contributed by atoms with van der Waals surface area (Å²) in [7, 11) is 1.71. The van der Waals surface area contributed by atoms with Gasteiger partial charge in [0, 0.05) is 19.6 Å². The Kier molecular flexibility index (Phi) is 6.10. The molecule has 1 aliphatic rings. The van der Waals surface area contributed by atoms with Gasteiger partial charge in [-0.15, -0.1) is 0 Å². The molecule has 1 rings (SSSR count). The maximum Gasteiger partial charge on any atom is 0.223 e. The average molecular weight is 231 g/mol. The van der Waals surface area contributed by atoms with Crippen LogP contribution in [0.25, 0.3) is 0 Å². The number of ether oxygens (including phenoxy) is 1. The molecule has 0 spiro atoms. The van der Waals surface area contributed by atoms with E-state index in [1.54, 1.807) is 7.11 Å². The van der Waals surface area contributed by atoms with Crippen LogP contribution in [-0.2, 0) is 9.53 Å². The van der Waals surface area contributed by atoms with Gasteiger partial charge in [-0.1, -0.05) is 6.42 Å². The molecule has 0 aromatic carbocycles. The number of methoxy groups -OCH3 is 1. The summed E-state index contributed by atoms with van der Waals surface area (Å²) in [6, 6.07) is 0. The molecule has 3 nitrogen and oxygen atoms in total. The van der Waals surface area contributed by atoms with Crippen LogP contribution in [0.2, 0.25) is 0 Å². The fraction of sp³-hybridized carbons (Fsp3) is 0.909. The molecule has 1 N–H and O–H groups in total. The number of carbonyl (C=O) groups is 1. The Bertz CT molecular complexity index is 195. The lowest BCUT2D eigenvalue weighted by Crippen LogP contribution is -2.39. The van der Waals surface area contributed by atoms with Gasteiger partial charge in [0.2, 0.25) is 5.91 Å². The first-order valence-electron chi connectivity index (χ1n) is 5.57. The zero-order valence-electron chi connectivity index (χ0n) is 9.62. The van der Waals surface area contributed by atoms with E-state index in [-0.39, 0.29) is 17.9 Å². The van der Waals surface area contributed by atoms with E-state index in [2.05, 4.69) is 11.6 Å². The van der Waals surface area contributed by atoms with E-state index >= 15 is 0 Å². The number of carbonyl (C=O) groups excluding carboxylic acids is 1. The molecule has 0 aromatic rings. The highest BCUT2D eigenvalue weighted by Gasteiger charge is 2.25. The molecule has 0 heterocycles. The van der Waals surface area contributed by atoms with Gasteiger partial charge in [0.15, 0.2) is 0 Å². The summed E-state index contributed by atoms with van der Waals surface area (Å²) in [4.78, 5) is 11.5. The van der Waals surface area contributed by atoms with Crippen LogP contribution in [0.15, 0.2) is 0 Å². The lowest BCUT2D eigenvalue weighted by atomic mass is 9.85. The topological polar surface area (TPSA) is 38.3 Å². The highest BCUT2D eigenvalue weighted by atomic mass is 32.2. The van der Waals surface area contributed by atoms with E-state index in [0.717, 1.165) is 25.0 Å². The molecule has 0 radical (unpaired) electrons. The number of hydrogen-bond donors (Lipinski definition) is 1. The highest BCUT2D eigenvalue weighted by Crippen LogP contribution is 2.26. The Labute approximate surface area is 96.3 Å². The second-order valence-electron chi connectivity index (χ2n) is 4.01. The lowest BCUT2D eigenvalue weighted by molar-refractivity contribution is -0.127. The number of hydrogen-bond acceptors (Lipinski definition) is 3. The van der Waals surface area contributed by atoms with E-state index in [9.17, 15) is 4.79 Å². The zero-order chi connectivity index (χ0) is 11.1. The summed E-state index contributed by atoms with van der Waals surface area (Å²) in [5.41, 5.74) is 0. The lowest BCUT2D eigenvalue weighted by Gasteiger charge is -2.25. The third-order valence-electron chi connectivity index (χ3n) is 2.96. The first kappa shape index (κ1) is 12.8. The summed E-state index contributed by atoms with van der Waals surface area (Å²) in [5.74, 6) is 1.58. The molecule has 0 bridgehead atoms. The van der Waals surface area contributed by atoms with Crippen molar-refractivity contribution in [2.45, 2.75) is 31.8 Å². The molecule has 1 unspecified atom stereocenters. The SMILES string of the molecule is COC(CCSC)CNC(=O)C1CCC1. The van der Waals surface area contributed by atoms with Gasteiger partial charge in [-0.3, -0.25) is 4.79 Å². The summed E-state index contributed by atoms with van der Waals surface area (Å²) < 4.78 is 5.31. The van der Waals surface area contributed by atoms with Crippen LogP contribution >= 0.6 is 11.8 Å². The normalized spacial score (nSPS) is 18.3. The molecular formula is C11H21NO2S. The quantitative estimate of drug-likeness (QED) is 0.724. The fourth-order valence-corrected chi connectivity index (χ4v) is 2.08. The average Bonchev–Trinajstić information content (AvgIpc) is 2.15. The number of thioether (sulfide) groups is 1. The molecule has 1 atom stereocenters. The van der Waals surface area contributed by atoms with Crippen molar-refractivity contribution in [3.8, 4) is 0 Å². The summed E-state index contributed by atoms with van der Waals surface area (Å²) in [6.07, 6.45) is 6.59. The van der Waals surface area contributed by atoms with Gasteiger partial charge in [0.25, 0.3) is 0 Å². The maximum atomic E-state index is 11.5. The smallest absolute Gasteiger partial charge is 0.223 e. The van der Waals surface area contributed by atoms with Gasteiger partial charge < -0.3 is 10.1 Å². The van der Waals surface area contributed by atoms with Crippen LogP contribution in [0.3, 0.4) is 0 Å². The van der Waals surface area contributed by atoms with E-state index < -0.39 is 0 Å². The Morgan fingerprint density at radius 1 is 1.60 bits per heavy atom. The number of nitrogens with one attached hydrogen (secondary N) is 1. The number of amides is 1. The van der Waals surface area contributed by atoms with Crippen molar-refractivity contribution in [1.29, 1.82) is 0 Å². The molecule has 1 saturated carbocycles. The third-order valence-corrected chi connectivity index (χ3v) is 3.60. The minimum Gasteiger partial charge on any atom is -0.380 e. The maximum absolute atomic E-state index is 11.5. The molecule has 15 heavy (non-hydrogen) atoms. The second-order valence-corrected chi connectivity index (χ2v) is 5.00. The molecular weight excluding hydrogens is 210 g/mol. The molecule has 1 fully saturated rings. The Morgan fingerprint density at radius 3 is 2.80 bits per heavy atom. The Hall–Kier alpha value is -0.220. The fourth-order valence-electron chi connectivity index (χ4n) is 1.58. The third kappa shape index (κ3) is 4.43. The van der Waals surface area contributed by atoms with Crippen LogP contribution in [-0.4, -0.2) is 37.7 Å². The van der Waals surface area contributed by atoms with Gasteiger partial charge >= 0.3 is 0 Å². The minimum absolute atomic E-state index is 0.168. The van der Waals surface area contributed by atoms with Gasteiger partial charge in [-0.2, -0.15) is 11.8 Å². The Morgan fingerprint density at radius 2 is 2.33 bits per heavy atom. The van der Waals surface area contributed by atoms with Crippen molar-refractivity contribution in [2.75, 3.05) is 25.7 Å².